The van der Waals surface area contributed by atoms with Gasteiger partial charge in [-0.15, -0.1) is 11.3 Å². The van der Waals surface area contributed by atoms with Crippen molar-refractivity contribution < 1.29 is 0 Å². The number of nitrogens with one attached hydrogen (secondary N) is 1. The minimum absolute atomic E-state index is 0.676. The van der Waals surface area contributed by atoms with Gasteiger partial charge in [0, 0.05) is 22.9 Å². The topological polar surface area (TPSA) is 24.9 Å². The zero-order valence-corrected chi connectivity index (χ0v) is 11.6. The molecule has 0 radical (unpaired) electrons. The monoisotopic (exact) mass is 256 g/mol. The highest BCUT2D eigenvalue weighted by Crippen LogP contribution is 2.36. The second kappa shape index (κ2) is 6.03. The van der Waals surface area contributed by atoms with Gasteiger partial charge >= 0.3 is 0 Å². The largest absolute Gasteiger partial charge is 0.313 e. The summed E-state index contributed by atoms with van der Waals surface area (Å²) in [7, 11) is 0. The molecule has 90 valence electrons. The smallest absolute Gasteiger partial charge is 0.150 e. The number of rotatable bonds is 4. The van der Waals surface area contributed by atoms with Crippen LogP contribution in [0.4, 0.5) is 0 Å². The van der Waals surface area contributed by atoms with Crippen molar-refractivity contribution in [3.63, 3.8) is 0 Å². The lowest BCUT2D eigenvalue weighted by atomic mass is 9.87. The minimum Gasteiger partial charge on any atom is -0.313 e. The average molecular weight is 256 g/mol. The Morgan fingerprint density at radius 1 is 1.56 bits per heavy atom. The summed E-state index contributed by atoms with van der Waals surface area (Å²) in [6, 6.07) is 0.676. The summed E-state index contributed by atoms with van der Waals surface area (Å²) in [6.45, 7) is 5.65. The molecule has 0 aromatic carbocycles. The van der Waals surface area contributed by atoms with Gasteiger partial charge in [0.1, 0.15) is 4.34 Å². The van der Waals surface area contributed by atoms with Crippen LogP contribution in [0, 0.1) is 5.92 Å². The third kappa shape index (κ3) is 3.22. The fourth-order valence-corrected chi connectivity index (χ4v) is 4.67. The normalized spacial score (nSPS) is 30.5. The van der Waals surface area contributed by atoms with Crippen LogP contribution >= 0.6 is 23.1 Å². The summed E-state index contributed by atoms with van der Waals surface area (Å²) in [5, 5.41) is 6.39. The maximum Gasteiger partial charge on any atom is 0.150 e. The van der Waals surface area contributed by atoms with E-state index in [0.717, 1.165) is 12.5 Å². The Morgan fingerprint density at radius 3 is 3.12 bits per heavy atom. The summed E-state index contributed by atoms with van der Waals surface area (Å²) < 4.78 is 1.22. The molecule has 16 heavy (non-hydrogen) atoms. The van der Waals surface area contributed by atoms with Crippen molar-refractivity contribution in [2.24, 2.45) is 5.92 Å². The molecule has 3 atom stereocenters. The molecular formula is C12H20N2S2. The zero-order valence-electron chi connectivity index (χ0n) is 9.98. The Balaban J connectivity index is 1.96. The highest BCUT2D eigenvalue weighted by Gasteiger charge is 2.29. The fourth-order valence-electron chi connectivity index (χ4n) is 2.35. The number of hydrogen-bond donors (Lipinski definition) is 1. The van der Waals surface area contributed by atoms with Gasteiger partial charge in [-0.05, 0) is 31.7 Å². The number of nitrogens with zero attached hydrogens (tertiary/aromatic N) is 1. The summed E-state index contributed by atoms with van der Waals surface area (Å²) in [6.07, 6.45) is 5.91. The van der Waals surface area contributed by atoms with Crippen LogP contribution in [0.5, 0.6) is 0 Å². The van der Waals surface area contributed by atoms with Gasteiger partial charge in [-0.1, -0.05) is 25.6 Å². The van der Waals surface area contributed by atoms with E-state index in [1.165, 1.54) is 23.6 Å². The predicted molar refractivity (Wildman–Crippen MR) is 72.2 cm³/mol. The molecule has 0 saturated heterocycles. The second-order valence-electron chi connectivity index (χ2n) is 4.54. The average Bonchev–Trinajstić information content (AvgIpc) is 2.75. The standard InChI is InChI=1S/C12H20N2S2/c1-3-13-10-5-4-9(2)8-11(10)16-12-14-6-7-15-12/h6-7,9-11,13H,3-5,8H2,1-2H3. The lowest BCUT2D eigenvalue weighted by Crippen LogP contribution is -2.42. The molecule has 0 bridgehead atoms. The van der Waals surface area contributed by atoms with E-state index >= 15 is 0 Å². The van der Waals surface area contributed by atoms with E-state index in [9.17, 15) is 0 Å². The van der Waals surface area contributed by atoms with Gasteiger partial charge in [0.05, 0.1) is 0 Å². The molecule has 1 fully saturated rings. The molecule has 1 saturated carbocycles. The van der Waals surface area contributed by atoms with Crippen LogP contribution in [-0.4, -0.2) is 22.8 Å². The van der Waals surface area contributed by atoms with Gasteiger partial charge in [-0.3, -0.25) is 0 Å². The molecule has 0 aliphatic heterocycles. The number of thiazole rings is 1. The zero-order chi connectivity index (χ0) is 11.4. The first kappa shape index (κ1) is 12.4. The first-order valence-electron chi connectivity index (χ1n) is 6.09. The molecule has 1 aromatic rings. The van der Waals surface area contributed by atoms with E-state index in [-0.39, 0.29) is 0 Å². The van der Waals surface area contributed by atoms with Crippen LogP contribution in [-0.2, 0) is 0 Å². The van der Waals surface area contributed by atoms with Crippen molar-refractivity contribution in [3.05, 3.63) is 11.6 Å². The molecule has 1 aromatic heterocycles. The Labute approximate surface area is 106 Å². The van der Waals surface area contributed by atoms with E-state index in [2.05, 4.69) is 29.5 Å². The van der Waals surface area contributed by atoms with Crippen LogP contribution in [0.1, 0.15) is 33.1 Å². The molecule has 1 aliphatic rings. The number of hydrogen-bond acceptors (Lipinski definition) is 4. The lowest BCUT2D eigenvalue weighted by Gasteiger charge is -2.34. The number of thioether (sulfide) groups is 1. The molecule has 0 amide bonds. The van der Waals surface area contributed by atoms with Crippen molar-refractivity contribution in [1.82, 2.24) is 10.3 Å². The quantitative estimate of drug-likeness (QED) is 0.893. The molecule has 1 N–H and O–H groups in total. The SMILES string of the molecule is CCNC1CCC(C)CC1Sc1nccs1. The Hall–Kier alpha value is -0.0600. The van der Waals surface area contributed by atoms with Gasteiger partial charge in [-0.2, -0.15) is 0 Å². The van der Waals surface area contributed by atoms with Crippen LogP contribution < -0.4 is 5.32 Å². The minimum atomic E-state index is 0.676. The number of aromatic nitrogens is 1. The van der Waals surface area contributed by atoms with Gasteiger partial charge in [0.2, 0.25) is 0 Å². The van der Waals surface area contributed by atoms with E-state index in [4.69, 9.17) is 0 Å². The van der Waals surface area contributed by atoms with Gasteiger partial charge < -0.3 is 5.32 Å². The predicted octanol–water partition coefficient (Wildman–Crippen LogP) is 3.40. The molecule has 2 rings (SSSR count). The molecule has 2 nitrogen and oxygen atoms in total. The molecule has 1 heterocycles. The molecule has 1 aliphatic carbocycles. The molecule has 4 heteroatoms. The maximum atomic E-state index is 4.38. The first-order chi connectivity index (χ1) is 7.79. The summed E-state index contributed by atoms with van der Waals surface area (Å²) in [4.78, 5) is 4.38. The lowest BCUT2D eigenvalue weighted by molar-refractivity contribution is 0.320. The van der Waals surface area contributed by atoms with Gasteiger partial charge in [-0.25, -0.2) is 4.98 Å². The Morgan fingerprint density at radius 2 is 2.44 bits per heavy atom. The van der Waals surface area contributed by atoms with Crippen molar-refractivity contribution in [2.75, 3.05) is 6.54 Å². The van der Waals surface area contributed by atoms with Crippen molar-refractivity contribution in [2.45, 2.75) is 48.7 Å². The summed E-state index contributed by atoms with van der Waals surface area (Å²) >= 11 is 3.73. The summed E-state index contributed by atoms with van der Waals surface area (Å²) in [5.74, 6) is 0.868. The maximum absolute atomic E-state index is 4.38. The molecular weight excluding hydrogens is 236 g/mol. The summed E-state index contributed by atoms with van der Waals surface area (Å²) in [5.41, 5.74) is 0. The van der Waals surface area contributed by atoms with Crippen LogP contribution in [0.15, 0.2) is 15.9 Å². The van der Waals surface area contributed by atoms with E-state index in [1.807, 2.05) is 18.0 Å². The second-order valence-corrected chi connectivity index (χ2v) is 6.92. The van der Waals surface area contributed by atoms with Crippen LogP contribution in [0.25, 0.3) is 0 Å². The third-order valence-electron chi connectivity index (χ3n) is 3.18. The third-order valence-corrected chi connectivity index (χ3v) is 5.46. The van der Waals surface area contributed by atoms with Gasteiger partial charge in [0.15, 0.2) is 0 Å². The molecule has 3 unspecified atom stereocenters. The molecule has 0 spiro atoms. The van der Waals surface area contributed by atoms with Crippen molar-refractivity contribution in [1.29, 1.82) is 0 Å². The highest BCUT2D eigenvalue weighted by molar-refractivity contribution is 8.01. The van der Waals surface area contributed by atoms with Gasteiger partial charge in [0.25, 0.3) is 0 Å². The fraction of sp³-hybridized carbons (Fsp3) is 0.750. The van der Waals surface area contributed by atoms with E-state index in [1.54, 1.807) is 11.3 Å². The van der Waals surface area contributed by atoms with E-state index < -0.39 is 0 Å². The van der Waals surface area contributed by atoms with Crippen LogP contribution in [0.2, 0.25) is 0 Å². The Kier molecular flexibility index (Phi) is 4.67. The van der Waals surface area contributed by atoms with Crippen LogP contribution in [0.3, 0.4) is 0 Å². The Bertz CT molecular complexity index is 300. The van der Waals surface area contributed by atoms with Crippen molar-refractivity contribution in [3.8, 4) is 0 Å². The highest BCUT2D eigenvalue weighted by atomic mass is 32.2. The van der Waals surface area contributed by atoms with E-state index in [0.29, 0.717) is 11.3 Å². The van der Waals surface area contributed by atoms with Crippen molar-refractivity contribution >= 4 is 23.1 Å². The first-order valence-corrected chi connectivity index (χ1v) is 7.85.